The predicted molar refractivity (Wildman–Crippen MR) is 109 cm³/mol. The van der Waals surface area contributed by atoms with Gasteiger partial charge in [-0.25, -0.2) is 4.85 Å². The number of para-hydroxylation sites is 2. The topological polar surface area (TPSA) is 10.8 Å². The van der Waals surface area contributed by atoms with Crippen LogP contribution in [0.4, 0.5) is 22.7 Å². The maximum absolute atomic E-state index is 7.65. The van der Waals surface area contributed by atoms with E-state index in [4.69, 9.17) is 6.57 Å². The maximum atomic E-state index is 7.65. The van der Waals surface area contributed by atoms with Crippen molar-refractivity contribution in [3.05, 3.63) is 83.7 Å². The summed E-state index contributed by atoms with van der Waals surface area (Å²) in [4.78, 5) is 8.36. The van der Waals surface area contributed by atoms with Gasteiger partial charge in [0.25, 0.3) is 0 Å². The summed E-state index contributed by atoms with van der Waals surface area (Å²) < 4.78 is 0. The van der Waals surface area contributed by atoms with Crippen molar-refractivity contribution in [2.45, 2.75) is 20.0 Å². The molecule has 1 aliphatic rings. The molecule has 4 rings (SSSR count). The van der Waals surface area contributed by atoms with Crippen LogP contribution >= 0.6 is 0 Å². The van der Waals surface area contributed by atoms with Gasteiger partial charge in [0.15, 0.2) is 0 Å². The molecule has 0 aliphatic carbocycles. The Morgan fingerprint density at radius 3 is 2.35 bits per heavy atom. The van der Waals surface area contributed by atoms with E-state index in [1.807, 2.05) is 18.2 Å². The van der Waals surface area contributed by atoms with Gasteiger partial charge in [-0.2, -0.15) is 0 Å². The molecule has 3 heteroatoms. The molecule has 3 aromatic carbocycles. The molecule has 0 N–H and O–H groups in total. The first-order valence-electron chi connectivity index (χ1n) is 8.81. The van der Waals surface area contributed by atoms with Crippen LogP contribution in [0, 0.1) is 13.5 Å². The zero-order chi connectivity index (χ0) is 18.3. The Morgan fingerprint density at radius 1 is 0.885 bits per heavy atom. The Morgan fingerprint density at radius 2 is 1.62 bits per heavy atom. The summed E-state index contributed by atoms with van der Waals surface area (Å²) in [5.74, 6) is 0. The van der Waals surface area contributed by atoms with Gasteiger partial charge in [0, 0.05) is 12.6 Å². The molecule has 1 heterocycles. The van der Waals surface area contributed by atoms with E-state index < -0.39 is 0 Å². The van der Waals surface area contributed by atoms with Crippen molar-refractivity contribution in [1.82, 2.24) is 0 Å². The van der Waals surface area contributed by atoms with Crippen molar-refractivity contribution in [2.75, 3.05) is 16.8 Å². The largest absolute Gasteiger partial charge is 0.354 e. The van der Waals surface area contributed by atoms with Crippen molar-refractivity contribution >= 4 is 22.7 Å². The SMILES string of the molecule is [C-]#[N+]c1cccc2c1N(c1c(C)cccc1-c1ccccc1)[C@@H](C)N2C. The molecular weight excluding hydrogens is 318 g/mol. The second-order valence-electron chi connectivity index (χ2n) is 6.71. The maximum Gasteiger partial charge on any atom is 0.212 e. The number of hydrogen-bond donors (Lipinski definition) is 0. The molecule has 128 valence electrons. The Balaban J connectivity index is 2.00. The van der Waals surface area contributed by atoms with Crippen LogP contribution in [-0.2, 0) is 0 Å². The summed E-state index contributed by atoms with van der Waals surface area (Å²) in [7, 11) is 2.09. The third-order valence-corrected chi connectivity index (χ3v) is 5.23. The van der Waals surface area contributed by atoms with E-state index >= 15 is 0 Å². The minimum Gasteiger partial charge on any atom is -0.354 e. The lowest BCUT2D eigenvalue weighted by atomic mass is 9.99. The Bertz CT molecular complexity index is 1000. The molecular formula is C23H21N3. The monoisotopic (exact) mass is 339 g/mol. The number of fused-ring (bicyclic) bond motifs is 1. The molecule has 1 aliphatic heterocycles. The quantitative estimate of drug-likeness (QED) is 0.519. The van der Waals surface area contributed by atoms with Crippen LogP contribution in [0.2, 0.25) is 0 Å². The fourth-order valence-corrected chi connectivity index (χ4v) is 3.83. The second-order valence-corrected chi connectivity index (χ2v) is 6.71. The summed E-state index contributed by atoms with van der Waals surface area (Å²) in [6.45, 7) is 12.0. The third kappa shape index (κ3) is 2.34. The standard InChI is InChI=1S/C23H21N3/c1-16-10-8-13-19(18-11-6-5-7-12-18)22(16)26-17(2)25(4)21-15-9-14-20(24-3)23(21)26/h5-15,17H,1-2,4H3/t17-/m0/s1. The smallest absolute Gasteiger partial charge is 0.212 e. The van der Waals surface area contributed by atoms with Gasteiger partial charge < -0.3 is 9.80 Å². The van der Waals surface area contributed by atoms with E-state index in [2.05, 4.69) is 84.1 Å². The van der Waals surface area contributed by atoms with Crippen LogP contribution in [0.3, 0.4) is 0 Å². The molecule has 3 aromatic rings. The van der Waals surface area contributed by atoms with Gasteiger partial charge in [0.1, 0.15) is 6.17 Å². The minimum atomic E-state index is 0.136. The normalized spacial score (nSPS) is 15.7. The number of hydrogen-bond acceptors (Lipinski definition) is 2. The van der Waals surface area contributed by atoms with Gasteiger partial charge in [0.05, 0.1) is 23.6 Å². The van der Waals surface area contributed by atoms with Crippen LogP contribution in [0.5, 0.6) is 0 Å². The number of nitrogens with zero attached hydrogens (tertiary/aromatic N) is 3. The van der Waals surface area contributed by atoms with Crippen molar-refractivity contribution in [2.24, 2.45) is 0 Å². The Labute approximate surface area is 154 Å². The highest BCUT2D eigenvalue weighted by molar-refractivity contribution is 5.97. The summed E-state index contributed by atoms with van der Waals surface area (Å²) >= 11 is 0. The molecule has 0 bridgehead atoms. The highest BCUT2D eigenvalue weighted by atomic mass is 15.4. The highest BCUT2D eigenvalue weighted by Crippen LogP contribution is 2.51. The number of anilines is 3. The molecule has 0 fully saturated rings. The van der Waals surface area contributed by atoms with Gasteiger partial charge in [-0.3, -0.25) is 0 Å². The van der Waals surface area contributed by atoms with E-state index in [0.717, 1.165) is 11.4 Å². The van der Waals surface area contributed by atoms with Crippen LogP contribution in [0.25, 0.3) is 16.0 Å². The van der Waals surface area contributed by atoms with E-state index in [9.17, 15) is 0 Å². The van der Waals surface area contributed by atoms with Crippen molar-refractivity contribution in [3.8, 4) is 11.1 Å². The Hall–Kier alpha value is -3.25. The molecule has 0 spiro atoms. The predicted octanol–water partition coefficient (Wildman–Crippen LogP) is 6.15. The highest BCUT2D eigenvalue weighted by Gasteiger charge is 2.35. The number of aryl methyl sites for hydroxylation is 1. The summed E-state index contributed by atoms with van der Waals surface area (Å²) in [6, 6.07) is 22.9. The molecule has 3 nitrogen and oxygen atoms in total. The van der Waals surface area contributed by atoms with Crippen LogP contribution in [0.15, 0.2) is 66.7 Å². The lowest BCUT2D eigenvalue weighted by Crippen LogP contribution is -2.36. The first kappa shape index (κ1) is 16.2. The van der Waals surface area contributed by atoms with Gasteiger partial charge in [0.2, 0.25) is 5.69 Å². The minimum absolute atomic E-state index is 0.136. The van der Waals surface area contributed by atoms with Gasteiger partial charge in [-0.05, 0) is 31.0 Å². The molecule has 0 saturated heterocycles. The average molecular weight is 339 g/mol. The molecule has 0 saturated carbocycles. The van der Waals surface area contributed by atoms with Gasteiger partial charge in [-0.1, -0.05) is 60.7 Å². The third-order valence-electron chi connectivity index (χ3n) is 5.23. The van der Waals surface area contributed by atoms with Crippen LogP contribution in [0.1, 0.15) is 12.5 Å². The summed E-state index contributed by atoms with van der Waals surface area (Å²) in [5, 5.41) is 0. The van der Waals surface area contributed by atoms with Crippen LogP contribution in [-0.4, -0.2) is 13.2 Å². The number of benzene rings is 3. The van der Waals surface area contributed by atoms with E-state index in [0.29, 0.717) is 5.69 Å². The van der Waals surface area contributed by atoms with Crippen molar-refractivity contribution in [3.63, 3.8) is 0 Å². The molecule has 0 radical (unpaired) electrons. The average Bonchev–Trinajstić information content (AvgIpc) is 2.93. The van der Waals surface area contributed by atoms with Gasteiger partial charge in [-0.15, -0.1) is 0 Å². The van der Waals surface area contributed by atoms with E-state index in [1.54, 1.807) is 0 Å². The van der Waals surface area contributed by atoms with Gasteiger partial charge >= 0.3 is 0 Å². The first-order chi connectivity index (χ1) is 12.6. The lowest BCUT2D eigenvalue weighted by molar-refractivity contribution is 0.733. The van der Waals surface area contributed by atoms with E-state index in [-0.39, 0.29) is 6.17 Å². The van der Waals surface area contributed by atoms with Crippen molar-refractivity contribution < 1.29 is 0 Å². The molecule has 0 amide bonds. The zero-order valence-electron chi connectivity index (χ0n) is 15.3. The zero-order valence-corrected chi connectivity index (χ0v) is 15.3. The molecule has 1 atom stereocenters. The summed E-state index contributed by atoms with van der Waals surface area (Å²) in [5.41, 5.74) is 7.57. The first-order valence-corrected chi connectivity index (χ1v) is 8.81. The summed E-state index contributed by atoms with van der Waals surface area (Å²) in [6.07, 6.45) is 0.136. The number of rotatable bonds is 2. The fourth-order valence-electron chi connectivity index (χ4n) is 3.83. The second kappa shape index (κ2) is 6.24. The molecule has 26 heavy (non-hydrogen) atoms. The molecule has 0 unspecified atom stereocenters. The van der Waals surface area contributed by atoms with Crippen LogP contribution < -0.4 is 9.80 Å². The van der Waals surface area contributed by atoms with Crippen molar-refractivity contribution in [1.29, 1.82) is 0 Å². The lowest BCUT2D eigenvalue weighted by Gasteiger charge is -2.31. The molecule has 0 aromatic heterocycles. The Kier molecular flexibility index (Phi) is 3.89. The fraction of sp³-hybridized carbons (Fsp3) is 0.174. The van der Waals surface area contributed by atoms with E-state index in [1.165, 1.54) is 22.4 Å².